The van der Waals surface area contributed by atoms with Crippen LogP contribution in [0.1, 0.15) is 18.4 Å². The van der Waals surface area contributed by atoms with E-state index in [4.69, 9.17) is 4.74 Å². The molecule has 0 bridgehead atoms. The van der Waals surface area contributed by atoms with E-state index in [1.165, 1.54) is 24.1 Å². The molecule has 1 aromatic rings. The van der Waals surface area contributed by atoms with E-state index in [1.807, 2.05) is 7.11 Å². The predicted molar refractivity (Wildman–Crippen MR) is 74.2 cm³/mol. The van der Waals surface area contributed by atoms with Crippen LogP contribution in [0.2, 0.25) is 0 Å². The van der Waals surface area contributed by atoms with Crippen LogP contribution in [0, 0.1) is 6.92 Å². The molecule has 2 saturated heterocycles. The van der Waals surface area contributed by atoms with Crippen molar-refractivity contribution < 1.29 is 4.74 Å². The summed E-state index contributed by atoms with van der Waals surface area (Å²) in [5.74, 6) is 0. The lowest BCUT2D eigenvalue weighted by Crippen LogP contribution is -2.74. The average Bonchev–Trinajstić information content (AvgIpc) is 2.41. The van der Waals surface area contributed by atoms with Crippen LogP contribution in [0.15, 0.2) is 24.3 Å². The SMILES string of the molecule is CO[C@@H]1CN(c2ccc(C)cc2)C12CCNCC2. The van der Waals surface area contributed by atoms with Crippen LogP contribution in [-0.2, 0) is 4.74 Å². The predicted octanol–water partition coefficient (Wildman–Crippen LogP) is 1.95. The van der Waals surface area contributed by atoms with Crippen molar-refractivity contribution in [3.05, 3.63) is 29.8 Å². The largest absolute Gasteiger partial charge is 0.377 e. The highest BCUT2D eigenvalue weighted by Gasteiger charge is 2.53. The molecule has 3 heteroatoms. The van der Waals surface area contributed by atoms with Crippen LogP contribution in [-0.4, -0.2) is 38.4 Å². The van der Waals surface area contributed by atoms with Crippen molar-refractivity contribution in [3.63, 3.8) is 0 Å². The Morgan fingerprint density at radius 2 is 1.89 bits per heavy atom. The first-order valence-electron chi connectivity index (χ1n) is 6.84. The molecule has 0 radical (unpaired) electrons. The van der Waals surface area contributed by atoms with Crippen LogP contribution < -0.4 is 10.2 Å². The molecule has 3 nitrogen and oxygen atoms in total. The molecule has 0 amide bonds. The average molecular weight is 246 g/mol. The molecule has 98 valence electrons. The van der Waals surface area contributed by atoms with Gasteiger partial charge >= 0.3 is 0 Å². The van der Waals surface area contributed by atoms with E-state index in [0.29, 0.717) is 6.10 Å². The Balaban J connectivity index is 1.86. The number of rotatable bonds is 2. The molecule has 1 aromatic carbocycles. The smallest absolute Gasteiger partial charge is 0.0978 e. The van der Waals surface area contributed by atoms with Gasteiger partial charge in [-0.25, -0.2) is 0 Å². The molecule has 1 atom stereocenters. The Morgan fingerprint density at radius 1 is 1.22 bits per heavy atom. The molecule has 2 heterocycles. The van der Waals surface area contributed by atoms with Gasteiger partial charge in [0.15, 0.2) is 0 Å². The summed E-state index contributed by atoms with van der Waals surface area (Å²) in [4.78, 5) is 2.54. The van der Waals surface area contributed by atoms with Crippen molar-refractivity contribution in [2.45, 2.75) is 31.4 Å². The number of aryl methyl sites for hydroxylation is 1. The quantitative estimate of drug-likeness (QED) is 0.863. The van der Waals surface area contributed by atoms with E-state index < -0.39 is 0 Å². The number of piperidine rings is 1. The summed E-state index contributed by atoms with van der Waals surface area (Å²) in [5, 5.41) is 3.45. The molecule has 0 saturated carbocycles. The van der Waals surface area contributed by atoms with Crippen LogP contribution in [0.3, 0.4) is 0 Å². The molecule has 0 aromatic heterocycles. The van der Waals surface area contributed by atoms with E-state index >= 15 is 0 Å². The van der Waals surface area contributed by atoms with E-state index in [-0.39, 0.29) is 5.54 Å². The van der Waals surface area contributed by atoms with Crippen molar-refractivity contribution in [1.29, 1.82) is 0 Å². The number of ether oxygens (including phenoxy) is 1. The van der Waals surface area contributed by atoms with Crippen molar-refractivity contribution in [1.82, 2.24) is 5.32 Å². The maximum Gasteiger partial charge on any atom is 0.0978 e. The normalized spacial score (nSPS) is 26.1. The number of nitrogens with one attached hydrogen (secondary N) is 1. The number of methoxy groups -OCH3 is 1. The molecule has 18 heavy (non-hydrogen) atoms. The summed E-state index contributed by atoms with van der Waals surface area (Å²) in [6.07, 6.45) is 2.75. The minimum Gasteiger partial charge on any atom is -0.377 e. The van der Waals surface area contributed by atoms with Gasteiger partial charge in [-0.05, 0) is 45.0 Å². The van der Waals surface area contributed by atoms with Gasteiger partial charge in [0.25, 0.3) is 0 Å². The Morgan fingerprint density at radius 3 is 2.50 bits per heavy atom. The number of anilines is 1. The zero-order valence-electron chi connectivity index (χ0n) is 11.3. The third kappa shape index (κ3) is 1.73. The standard InChI is InChI=1S/C15H22N2O/c1-12-3-5-13(6-4-12)17-11-14(18-2)15(17)7-9-16-10-8-15/h3-6,14,16H,7-11H2,1-2H3/t14-/m1/s1. The number of hydrogen-bond acceptors (Lipinski definition) is 3. The van der Waals surface area contributed by atoms with Gasteiger partial charge < -0.3 is 15.0 Å². The lowest BCUT2D eigenvalue weighted by molar-refractivity contribution is -0.0310. The third-order valence-electron chi connectivity index (χ3n) is 4.58. The van der Waals surface area contributed by atoms with Gasteiger partial charge in [0.1, 0.15) is 0 Å². The van der Waals surface area contributed by atoms with Gasteiger partial charge in [0.05, 0.1) is 11.6 Å². The van der Waals surface area contributed by atoms with E-state index in [1.54, 1.807) is 0 Å². The molecule has 2 fully saturated rings. The lowest BCUT2D eigenvalue weighted by atomic mass is 9.73. The van der Waals surface area contributed by atoms with Crippen LogP contribution in [0.25, 0.3) is 0 Å². The van der Waals surface area contributed by atoms with Gasteiger partial charge in [0.2, 0.25) is 0 Å². The summed E-state index contributed by atoms with van der Waals surface area (Å²) < 4.78 is 5.69. The Bertz CT molecular complexity index is 409. The fourth-order valence-corrected chi connectivity index (χ4v) is 3.41. The maximum absolute atomic E-state index is 5.69. The number of hydrogen-bond donors (Lipinski definition) is 1. The maximum atomic E-state index is 5.69. The summed E-state index contributed by atoms with van der Waals surface area (Å²) in [7, 11) is 1.85. The van der Waals surface area contributed by atoms with Gasteiger partial charge in [-0.15, -0.1) is 0 Å². The first-order chi connectivity index (χ1) is 8.76. The van der Waals surface area contributed by atoms with Gasteiger partial charge in [-0.2, -0.15) is 0 Å². The zero-order valence-corrected chi connectivity index (χ0v) is 11.3. The topological polar surface area (TPSA) is 24.5 Å². The van der Waals surface area contributed by atoms with Crippen LogP contribution in [0.4, 0.5) is 5.69 Å². The summed E-state index contributed by atoms with van der Waals surface area (Å²) in [6, 6.07) is 8.88. The van der Waals surface area contributed by atoms with E-state index in [0.717, 1.165) is 19.6 Å². The second-order valence-corrected chi connectivity index (χ2v) is 5.52. The molecule has 1 N–H and O–H groups in total. The second-order valence-electron chi connectivity index (χ2n) is 5.52. The molecular formula is C15H22N2O. The van der Waals surface area contributed by atoms with Crippen LogP contribution in [0.5, 0.6) is 0 Å². The molecule has 2 aliphatic rings. The highest BCUT2D eigenvalue weighted by molar-refractivity contribution is 5.55. The lowest BCUT2D eigenvalue weighted by Gasteiger charge is -2.61. The van der Waals surface area contributed by atoms with Crippen molar-refractivity contribution in [2.75, 3.05) is 31.6 Å². The minimum absolute atomic E-state index is 0.231. The van der Waals surface area contributed by atoms with E-state index in [2.05, 4.69) is 41.4 Å². The summed E-state index contributed by atoms with van der Waals surface area (Å²) in [6.45, 7) is 5.36. The zero-order chi connectivity index (χ0) is 12.6. The summed E-state index contributed by atoms with van der Waals surface area (Å²) >= 11 is 0. The Labute approximate surface area is 109 Å². The summed E-state index contributed by atoms with van der Waals surface area (Å²) in [5.41, 5.74) is 2.90. The van der Waals surface area contributed by atoms with Crippen molar-refractivity contribution >= 4 is 5.69 Å². The Hall–Kier alpha value is -1.06. The molecular weight excluding hydrogens is 224 g/mol. The fourth-order valence-electron chi connectivity index (χ4n) is 3.41. The molecule has 0 aliphatic carbocycles. The van der Waals surface area contributed by atoms with Gasteiger partial charge in [-0.1, -0.05) is 17.7 Å². The fraction of sp³-hybridized carbons (Fsp3) is 0.600. The second kappa shape index (κ2) is 4.56. The minimum atomic E-state index is 0.231. The van der Waals surface area contributed by atoms with Crippen LogP contribution >= 0.6 is 0 Å². The number of nitrogens with zero attached hydrogens (tertiary/aromatic N) is 1. The monoisotopic (exact) mass is 246 g/mol. The molecule has 1 spiro atoms. The van der Waals surface area contributed by atoms with Gasteiger partial charge in [-0.3, -0.25) is 0 Å². The van der Waals surface area contributed by atoms with Gasteiger partial charge in [0, 0.05) is 19.3 Å². The number of benzene rings is 1. The third-order valence-corrected chi connectivity index (χ3v) is 4.58. The first kappa shape index (κ1) is 12.0. The molecule has 3 rings (SSSR count). The highest BCUT2D eigenvalue weighted by Crippen LogP contribution is 2.43. The Kier molecular flexibility index (Phi) is 3.04. The highest BCUT2D eigenvalue weighted by atomic mass is 16.5. The van der Waals surface area contributed by atoms with Crippen molar-refractivity contribution in [3.8, 4) is 0 Å². The van der Waals surface area contributed by atoms with Crippen molar-refractivity contribution in [2.24, 2.45) is 0 Å². The van der Waals surface area contributed by atoms with E-state index in [9.17, 15) is 0 Å². The molecule has 0 unspecified atom stereocenters. The first-order valence-corrected chi connectivity index (χ1v) is 6.84. The molecule has 2 aliphatic heterocycles.